The Balaban J connectivity index is 0.000000300. The molecule has 2 aliphatic rings. The summed E-state index contributed by atoms with van der Waals surface area (Å²) in [5.74, 6) is 0.907. The van der Waals surface area contributed by atoms with E-state index in [9.17, 15) is 0 Å². The van der Waals surface area contributed by atoms with Gasteiger partial charge in [-0.3, -0.25) is 0 Å². The molecule has 1 saturated heterocycles. The molecule has 0 bridgehead atoms. The Morgan fingerprint density at radius 3 is 2.17 bits per heavy atom. The average molecular weight is 357 g/mol. The summed E-state index contributed by atoms with van der Waals surface area (Å²) in [5.41, 5.74) is 2.06. The monoisotopic (exact) mass is 356 g/mol. The van der Waals surface area contributed by atoms with E-state index in [0.29, 0.717) is 11.3 Å². The Bertz CT molecular complexity index is 449. The largest absolute Gasteiger partial charge is 0.379 e. The number of aryl methyl sites for hydroxylation is 1. The first kappa shape index (κ1) is 21.1. The number of hydrogen-bond acceptors (Lipinski definition) is 5. The summed E-state index contributed by atoms with van der Waals surface area (Å²) in [7, 11) is 0. The van der Waals surface area contributed by atoms with Gasteiger partial charge in [0.05, 0.1) is 13.2 Å². The first-order valence-corrected chi connectivity index (χ1v) is 9.60. The van der Waals surface area contributed by atoms with E-state index in [1.165, 1.54) is 32.1 Å². The van der Waals surface area contributed by atoms with Crippen LogP contribution in [0.3, 0.4) is 0 Å². The lowest BCUT2D eigenvalue weighted by Gasteiger charge is -2.24. The molecule has 1 aromatic rings. The standard InChI is InChI=1S/C12H18ClN3.C4H9NO.C2H6/c1-8-9(2)14-12(13)16-11(8)15-10-6-4-3-5-7-10;1-3-6-4-2-5-1;1-2/h10H,3-7H2,1-2H3,(H,14,15,16);5H,1-4H2;1-2H3. The molecule has 0 amide bonds. The predicted molar refractivity (Wildman–Crippen MR) is 102 cm³/mol. The minimum absolute atomic E-state index is 0.335. The van der Waals surface area contributed by atoms with Crippen molar-refractivity contribution in [1.29, 1.82) is 0 Å². The van der Waals surface area contributed by atoms with E-state index >= 15 is 0 Å². The highest BCUT2D eigenvalue weighted by Crippen LogP contribution is 2.24. The van der Waals surface area contributed by atoms with Crippen molar-refractivity contribution >= 4 is 17.4 Å². The zero-order valence-electron chi connectivity index (χ0n) is 15.6. The molecule has 5 nitrogen and oxygen atoms in total. The third kappa shape index (κ3) is 7.77. The van der Waals surface area contributed by atoms with Gasteiger partial charge in [-0.1, -0.05) is 33.1 Å². The zero-order chi connectivity index (χ0) is 17.8. The number of nitrogens with one attached hydrogen (secondary N) is 2. The molecule has 0 aromatic carbocycles. The van der Waals surface area contributed by atoms with Crippen LogP contribution in [0.15, 0.2) is 0 Å². The van der Waals surface area contributed by atoms with Crippen LogP contribution >= 0.6 is 11.6 Å². The van der Waals surface area contributed by atoms with Gasteiger partial charge in [-0.15, -0.1) is 0 Å². The zero-order valence-corrected chi connectivity index (χ0v) is 16.4. The molecule has 1 aliphatic carbocycles. The summed E-state index contributed by atoms with van der Waals surface area (Å²) in [6, 6.07) is 0.554. The Morgan fingerprint density at radius 2 is 1.67 bits per heavy atom. The summed E-state index contributed by atoms with van der Waals surface area (Å²) in [5, 5.41) is 6.99. The van der Waals surface area contributed by atoms with Gasteiger partial charge in [0.2, 0.25) is 5.28 Å². The number of hydrogen-bond donors (Lipinski definition) is 2. The highest BCUT2D eigenvalue weighted by Gasteiger charge is 2.15. The van der Waals surface area contributed by atoms with Gasteiger partial charge in [0.1, 0.15) is 5.82 Å². The van der Waals surface area contributed by atoms with Gasteiger partial charge in [-0.25, -0.2) is 9.97 Å². The van der Waals surface area contributed by atoms with Crippen LogP contribution in [0.5, 0.6) is 0 Å². The maximum atomic E-state index is 5.88. The lowest BCUT2D eigenvalue weighted by atomic mass is 9.95. The summed E-state index contributed by atoms with van der Waals surface area (Å²) in [6.07, 6.45) is 6.46. The molecular weight excluding hydrogens is 324 g/mol. The van der Waals surface area contributed by atoms with Crippen molar-refractivity contribution in [2.45, 2.75) is 65.8 Å². The molecule has 0 atom stereocenters. The molecule has 2 heterocycles. The third-order valence-electron chi connectivity index (χ3n) is 4.15. The van der Waals surface area contributed by atoms with E-state index < -0.39 is 0 Å². The van der Waals surface area contributed by atoms with Gasteiger partial charge in [0.25, 0.3) is 0 Å². The van der Waals surface area contributed by atoms with Crippen LogP contribution < -0.4 is 10.6 Å². The second kappa shape index (κ2) is 12.5. The molecule has 2 N–H and O–H groups in total. The number of ether oxygens (including phenoxy) is 1. The number of halogens is 1. The van der Waals surface area contributed by atoms with Gasteiger partial charge in [-0.05, 0) is 38.3 Å². The van der Waals surface area contributed by atoms with Crippen LogP contribution in [-0.4, -0.2) is 42.3 Å². The fourth-order valence-electron chi connectivity index (χ4n) is 2.69. The van der Waals surface area contributed by atoms with Crippen molar-refractivity contribution < 1.29 is 4.74 Å². The lowest BCUT2D eigenvalue weighted by molar-refractivity contribution is 0.109. The van der Waals surface area contributed by atoms with E-state index in [1.807, 2.05) is 27.7 Å². The first-order valence-electron chi connectivity index (χ1n) is 9.22. The van der Waals surface area contributed by atoms with E-state index in [0.717, 1.165) is 43.4 Å². The molecule has 138 valence electrons. The van der Waals surface area contributed by atoms with E-state index in [4.69, 9.17) is 16.3 Å². The minimum Gasteiger partial charge on any atom is -0.379 e. The first-order chi connectivity index (χ1) is 11.7. The summed E-state index contributed by atoms with van der Waals surface area (Å²) >= 11 is 5.88. The van der Waals surface area contributed by atoms with Crippen LogP contribution in [0.2, 0.25) is 5.28 Å². The second-order valence-corrected chi connectivity index (χ2v) is 6.23. The molecule has 2 fully saturated rings. The van der Waals surface area contributed by atoms with Crippen molar-refractivity contribution in [3.63, 3.8) is 0 Å². The summed E-state index contributed by atoms with van der Waals surface area (Å²) < 4.78 is 5.01. The van der Waals surface area contributed by atoms with Crippen LogP contribution in [0, 0.1) is 13.8 Å². The number of nitrogens with zero attached hydrogens (tertiary/aromatic N) is 2. The van der Waals surface area contributed by atoms with E-state index in [1.54, 1.807) is 0 Å². The number of anilines is 1. The van der Waals surface area contributed by atoms with Crippen molar-refractivity contribution in [3.8, 4) is 0 Å². The predicted octanol–water partition coefficient (Wildman–Crippen LogP) is 4.12. The molecule has 3 rings (SSSR count). The second-order valence-electron chi connectivity index (χ2n) is 5.89. The topological polar surface area (TPSA) is 59.1 Å². The minimum atomic E-state index is 0.335. The van der Waals surface area contributed by atoms with Gasteiger partial charge in [0.15, 0.2) is 0 Å². The number of aromatic nitrogens is 2. The van der Waals surface area contributed by atoms with Crippen molar-refractivity contribution in [2.75, 3.05) is 31.6 Å². The Kier molecular flexibility index (Phi) is 11.0. The summed E-state index contributed by atoms with van der Waals surface area (Å²) in [6.45, 7) is 11.8. The van der Waals surface area contributed by atoms with Gasteiger partial charge in [-0.2, -0.15) is 0 Å². The Hall–Kier alpha value is -0.910. The molecule has 24 heavy (non-hydrogen) atoms. The van der Waals surface area contributed by atoms with Crippen molar-refractivity contribution in [3.05, 3.63) is 16.5 Å². The molecule has 6 heteroatoms. The Labute approximate surface area is 151 Å². The van der Waals surface area contributed by atoms with Gasteiger partial charge >= 0.3 is 0 Å². The number of rotatable bonds is 2. The lowest BCUT2D eigenvalue weighted by Crippen LogP contribution is -2.30. The SMILES string of the molecule is C1COCCN1.CC.Cc1nc(Cl)nc(NC2CCCCC2)c1C. The van der Waals surface area contributed by atoms with Gasteiger partial charge < -0.3 is 15.4 Å². The van der Waals surface area contributed by atoms with Crippen LogP contribution in [0.25, 0.3) is 0 Å². The third-order valence-corrected chi connectivity index (χ3v) is 4.32. The fourth-order valence-corrected chi connectivity index (χ4v) is 2.90. The van der Waals surface area contributed by atoms with E-state index in [2.05, 4.69) is 20.6 Å². The average Bonchev–Trinajstić information content (AvgIpc) is 2.64. The molecular formula is C18H33ClN4O. The van der Waals surface area contributed by atoms with Crippen LogP contribution in [-0.2, 0) is 4.74 Å². The molecule has 0 radical (unpaired) electrons. The molecule has 1 saturated carbocycles. The molecule has 0 spiro atoms. The van der Waals surface area contributed by atoms with Crippen LogP contribution in [0.1, 0.15) is 57.2 Å². The molecule has 1 aromatic heterocycles. The number of morpholine rings is 1. The highest BCUT2D eigenvalue weighted by molar-refractivity contribution is 6.28. The maximum absolute atomic E-state index is 5.88. The Morgan fingerprint density at radius 1 is 1.04 bits per heavy atom. The summed E-state index contributed by atoms with van der Waals surface area (Å²) in [4.78, 5) is 8.41. The molecule has 1 aliphatic heterocycles. The fraction of sp³-hybridized carbons (Fsp3) is 0.778. The smallest absolute Gasteiger partial charge is 0.224 e. The van der Waals surface area contributed by atoms with Crippen LogP contribution in [0.4, 0.5) is 5.82 Å². The van der Waals surface area contributed by atoms with Crippen molar-refractivity contribution in [2.24, 2.45) is 0 Å². The van der Waals surface area contributed by atoms with Crippen molar-refractivity contribution in [1.82, 2.24) is 15.3 Å². The normalized spacial score (nSPS) is 17.9. The molecule has 0 unspecified atom stereocenters. The van der Waals surface area contributed by atoms with Gasteiger partial charge in [0, 0.05) is 30.4 Å². The quantitative estimate of drug-likeness (QED) is 0.780. The highest BCUT2D eigenvalue weighted by atomic mass is 35.5. The van der Waals surface area contributed by atoms with E-state index in [-0.39, 0.29) is 0 Å². The maximum Gasteiger partial charge on any atom is 0.224 e.